The molecule has 2 rings (SSSR count). The number of aliphatic carboxylic acids is 1. The predicted octanol–water partition coefficient (Wildman–Crippen LogP) is 2.94. The summed E-state index contributed by atoms with van der Waals surface area (Å²) in [5, 5.41) is 11.7. The van der Waals surface area contributed by atoms with E-state index in [1.807, 2.05) is 0 Å². The Kier molecular flexibility index (Phi) is 6.84. The highest BCUT2D eigenvalue weighted by Gasteiger charge is 2.53. The maximum Gasteiger partial charge on any atom is 0.393 e. The zero-order valence-corrected chi connectivity index (χ0v) is 14.5. The SMILES string of the molecule is Cc1ccccc1NC(=O)C(C)N1C[C@@H](C(F)(F)F)[C@H](C(=O)O)C1.Cl. The highest BCUT2D eigenvalue weighted by Crippen LogP contribution is 2.38. The number of likely N-dealkylation sites (tertiary alicyclic amines) is 1. The van der Waals surface area contributed by atoms with Crippen molar-refractivity contribution in [2.45, 2.75) is 26.1 Å². The molecule has 1 amide bonds. The summed E-state index contributed by atoms with van der Waals surface area (Å²) in [7, 11) is 0. The van der Waals surface area contributed by atoms with Gasteiger partial charge in [0.25, 0.3) is 0 Å². The van der Waals surface area contributed by atoms with Crippen molar-refractivity contribution < 1.29 is 27.9 Å². The number of halogens is 4. The Balaban J connectivity index is 0.00000312. The van der Waals surface area contributed by atoms with E-state index in [9.17, 15) is 22.8 Å². The van der Waals surface area contributed by atoms with Crippen LogP contribution in [0, 0.1) is 18.8 Å². The van der Waals surface area contributed by atoms with Crippen LogP contribution in [0.4, 0.5) is 18.9 Å². The molecule has 25 heavy (non-hydrogen) atoms. The van der Waals surface area contributed by atoms with Crippen molar-refractivity contribution in [3.63, 3.8) is 0 Å². The smallest absolute Gasteiger partial charge is 0.393 e. The van der Waals surface area contributed by atoms with Gasteiger partial charge in [-0.3, -0.25) is 14.5 Å². The Morgan fingerprint density at radius 3 is 2.36 bits per heavy atom. The number of carbonyl (C=O) groups is 2. The van der Waals surface area contributed by atoms with Gasteiger partial charge in [-0.15, -0.1) is 12.4 Å². The number of carboxylic acids is 1. The highest BCUT2D eigenvalue weighted by atomic mass is 35.5. The maximum atomic E-state index is 13.0. The predicted molar refractivity (Wildman–Crippen MR) is 88.8 cm³/mol. The first-order valence-corrected chi connectivity index (χ1v) is 7.51. The van der Waals surface area contributed by atoms with Gasteiger partial charge in [0, 0.05) is 18.8 Å². The van der Waals surface area contributed by atoms with Gasteiger partial charge in [-0.1, -0.05) is 18.2 Å². The molecule has 1 fully saturated rings. The molecule has 1 heterocycles. The van der Waals surface area contributed by atoms with Gasteiger partial charge in [0.05, 0.1) is 17.9 Å². The number of amides is 1. The number of anilines is 1. The van der Waals surface area contributed by atoms with Crippen LogP contribution in [0.5, 0.6) is 0 Å². The number of benzene rings is 1. The molecule has 140 valence electrons. The molecule has 0 spiro atoms. The summed E-state index contributed by atoms with van der Waals surface area (Å²) in [6.07, 6.45) is -4.61. The van der Waals surface area contributed by atoms with Crippen LogP contribution >= 0.6 is 12.4 Å². The van der Waals surface area contributed by atoms with Crippen LogP contribution < -0.4 is 5.32 Å². The second-order valence-corrected chi connectivity index (χ2v) is 6.03. The standard InChI is InChI=1S/C16H19F3N2O3.ClH/c1-9-5-3-4-6-13(9)20-14(22)10(2)21-7-11(15(23)24)12(8-21)16(17,18)19;/h3-6,10-12H,7-8H2,1-2H3,(H,20,22)(H,23,24);1H/t10?,11-,12-;/m1./s1. The number of hydrogen-bond acceptors (Lipinski definition) is 3. The Bertz CT molecular complexity index is 639. The number of carboxylic acid groups (broad SMARTS) is 1. The fraction of sp³-hybridized carbons (Fsp3) is 0.500. The van der Waals surface area contributed by atoms with E-state index in [2.05, 4.69) is 5.32 Å². The van der Waals surface area contributed by atoms with Crippen molar-refractivity contribution in [1.29, 1.82) is 0 Å². The van der Waals surface area contributed by atoms with E-state index < -0.39 is 42.5 Å². The van der Waals surface area contributed by atoms with E-state index in [-0.39, 0.29) is 19.0 Å². The van der Waals surface area contributed by atoms with Crippen molar-refractivity contribution in [2.75, 3.05) is 18.4 Å². The van der Waals surface area contributed by atoms with Gasteiger partial charge in [0.2, 0.25) is 5.91 Å². The van der Waals surface area contributed by atoms with Crippen LogP contribution in [0.3, 0.4) is 0 Å². The third kappa shape index (κ3) is 4.85. The molecule has 9 heteroatoms. The molecule has 1 unspecified atom stereocenters. The summed E-state index contributed by atoms with van der Waals surface area (Å²) in [6.45, 7) is 2.48. The van der Waals surface area contributed by atoms with E-state index in [0.29, 0.717) is 5.69 Å². The fourth-order valence-corrected chi connectivity index (χ4v) is 2.85. The molecule has 5 nitrogen and oxygen atoms in total. The second kappa shape index (κ2) is 8.05. The van der Waals surface area contributed by atoms with Crippen LogP contribution in [-0.2, 0) is 9.59 Å². The summed E-state index contributed by atoms with van der Waals surface area (Å²) in [5.41, 5.74) is 1.41. The zero-order valence-electron chi connectivity index (χ0n) is 13.7. The van der Waals surface area contributed by atoms with Crippen LogP contribution in [0.1, 0.15) is 12.5 Å². The summed E-state index contributed by atoms with van der Waals surface area (Å²) in [5.74, 6) is -5.48. The lowest BCUT2D eigenvalue weighted by Gasteiger charge is -2.24. The molecule has 0 radical (unpaired) electrons. The van der Waals surface area contributed by atoms with E-state index >= 15 is 0 Å². The number of nitrogens with one attached hydrogen (secondary N) is 1. The molecule has 0 saturated carbocycles. The molecule has 1 saturated heterocycles. The van der Waals surface area contributed by atoms with Gasteiger partial charge in [-0.05, 0) is 25.5 Å². The van der Waals surface area contributed by atoms with Gasteiger partial charge >= 0.3 is 12.1 Å². The lowest BCUT2D eigenvalue weighted by atomic mass is 9.96. The van der Waals surface area contributed by atoms with E-state index in [1.165, 1.54) is 11.8 Å². The largest absolute Gasteiger partial charge is 0.481 e. The number of hydrogen-bond donors (Lipinski definition) is 2. The van der Waals surface area contributed by atoms with Gasteiger partial charge in [-0.2, -0.15) is 13.2 Å². The minimum Gasteiger partial charge on any atom is -0.481 e. The van der Waals surface area contributed by atoms with Crippen molar-refractivity contribution >= 4 is 30.0 Å². The normalized spacial score (nSPS) is 22.1. The van der Waals surface area contributed by atoms with Crippen molar-refractivity contribution in [2.24, 2.45) is 11.8 Å². The molecule has 0 bridgehead atoms. The molecule has 1 aliphatic rings. The first kappa shape index (κ1) is 21.2. The van der Waals surface area contributed by atoms with Crippen LogP contribution in [0.2, 0.25) is 0 Å². The summed E-state index contributed by atoms with van der Waals surface area (Å²) in [6, 6.07) is 6.18. The molecule has 3 atom stereocenters. The van der Waals surface area contributed by atoms with E-state index in [4.69, 9.17) is 5.11 Å². The molecule has 0 aliphatic carbocycles. The minimum atomic E-state index is -4.61. The van der Waals surface area contributed by atoms with Crippen molar-refractivity contribution in [3.8, 4) is 0 Å². The molecule has 2 N–H and O–H groups in total. The maximum absolute atomic E-state index is 13.0. The third-order valence-corrected chi connectivity index (χ3v) is 4.42. The molecule has 1 aromatic carbocycles. The Morgan fingerprint density at radius 1 is 1.28 bits per heavy atom. The molecular weight excluding hydrogens is 361 g/mol. The number of rotatable bonds is 4. The molecular formula is C16H20ClF3N2O3. The second-order valence-electron chi connectivity index (χ2n) is 6.03. The fourth-order valence-electron chi connectivity index (χ4n) is 2.85. The Hall–Kier alpha value is -1.80. The zero-order chi connectivity index (χ0) is 18.1. The number of alkyl halides is 3. The Labute approximate surface area is 149 Å². The molecule has 1 aliphatic heterocycles. The monoisotopic (exact) mass is 380 g/mol. The van der Waals surface area contributed by atoms with E-state index in [1.54, 1.807) is 31.2 Å². The van der Waals surface area contributed by atoms with Gasteiger partial charge in [0.1, 0.15) is 0 Å². The number of para-hydroxylation sites is 1. The average Bonchev–Trinajstić information content (AvgIpc) is 2.94. The van der Waals surface area contributed by atoms with Gasteiger partial charge < -0.3 is 10.4 Å². The lowest BCUT2D eigenvalue weighted by Crippen LogP contribution is -2.41. The molecule has 0 aromatic heterocycles. The van der Waals surface area contributed by atoms with Crippen LogP contribution in [0.25, 0.3) is 0 Å². The minimum absolute atomic E-state index is 0. The first-order valence-electron chi connectivity index (χ1n) is 7.51. The third-order valence-electron chi connectivity index (χ3n) is 4.42. The van der Waals surface area contributed by atoms with E-state index in [0.717, 1.165) is 5.56 Å². The van der Waals surface area contributed by atoms with Gasteiger partial charge in [0.15, 0.2) is 0 Å². The topological polar surface area (TPSA) is 69.6 Å². The van der Waals surface area contributed by atoms with Crippen molar-refractivity contribution in [1.82, 2.24) is 4.90 Å². The number of aryl methyl sites for hydroxylation is 1. The summed E-state index contributed by atoms with van der Waals surface area (Å²) < 4.78 is 39.1. The highest BCUT2D eigenvalue weighted by molar-refractivity contribution is 5.95. The lowest BCUT2D eigenvalue weighted by molar-refractivity contribution is -0.188. The average molecular weight is 381 g/mol. The summed E-state index contributed by atoms with van der Waals surface area (Å²) in [4.78, 5) is 24.7. The van der Waals surface area contributed by atoms with Crippen LogP contribution in [-0.4, -0.2) is 47.2 Å². The van der Waals surface area contributed by atoms with Crippen LogP contribution in [0.15, 0.2) is 24.3 Å². The number of nitrogens with zero attached hydrogens (tertiary/aromatic N) is 1. The quantitative estimate of drug-likeness (QED) is 0.842. The molecule has 1 aromatic rings. The number of carbonyl (C=O) groups excluding carboxylic acids is 1. The first-order chi connectivity index (χ1) is 11.1. The van der Waals surface area contributed by atoms with Gasteiger partial charge in [-0.25, -0.2) is 0 Å². The Morgan fingerprint density at radius 2 is 1.88 bits per heavy atom. The van der Waals surface area contributed by atoms with Crippen molar-refractivity contribution in [3.05, 3.63) is 29.8 Å². The summed E-state index contributed by atoms with van der Waals surface area (Å²) >= 11 is 0.